The van der Waals surface area contributed by atoms with Gasteiger partial charge >= 0.3 is 0 Å². The van der Waals surface area contributed by atoms with Crippen molar-refractivity contribution in [1.29, 1.82) is 5.26 Å². The minimum atomic E-state index is 0.725. The molecule has 1 heterocycles. The molecule has 24 heavy (non-hydrogen) atoms. The normalized spacial score (nSPS) is 15.2. The summed E-state index contributed by atoms with van der Waals surface area (Å²) < 4.78 is 5.44. The number of ether oxygens (including phenoxy) is 1. The van der Waals surface area contributed by atoms with Gasteiger partial charge in [0, 0.05) is 29.4 Å². The Morgan fingerprint density at radius 3 is 2.46 bits per heavy atom. The lowest BCUT2D eigenvalue weighted by Crippen LogP contribution is -2.35. The van der Waals surface area contributed by atoms with Gasteiger partial charge in [0.05, 0.1) is 24.8 Å². The molecule has 4 heteroatoms. The van der Waals surface area contributed by atoms with E-state index in [1.807, 2.05) is 12.1 Å². The van der Waals surface area contributed by atoms with Gasteiger partial charge < -0.3 is 4.74 Å². The van der Waals surface area contributed by atoms with Crippen LogP contribution in [-0.2, 0) is 11.3 Å². The molecule has 0 aliphatic carbocycles. The third kappa shape index (κ3) is 4.39. The Hall–Kier alpha value is -1.80. The van der Waals surface area contributed by atoms with Crippen molar-refractivity contribution >= 4 is 11.8 Å². The third-order valence-electron chi connectivity index (χ3n) is 4.11. The zero-order valence-electron chi connectivity index (χ0n) is 14.2. The quantitative estimate of drug-likeness (QED) is 0.839. The number of benzene rings is 2. The van der Waals surface area contributed by atoms with E-state index < -0.39 is 0 Å². The highest BCUT2D eigenvalue weighted by Crippen LogP contribution is 2.33. The van der Waals surface area contributed by atoms with Crippen molar-refractivity contribution in [2.75, 3.05) is 26.3 Å². The van der Waals surface area contributed by atoms with Crippen molar-refractivity contribution in [3.05, 3.63) is 58.7 Å². The van der Waals surface area contributed by atoms with E-state index in [1.54, 1.807) is 11.8 Å². The van der Waals surface area contributed by atoms with Crippen LogP contribution in [0.15, 0.2) is 46.2 Å². The minimum absolute atomic E-state index is 0.725. The van der Waals surface area contributed by atoms with Crippen molar-refractivity contribution in [2.45, 2.75) is 30.2 Å². The van der Waals surface area contributed by atoms with E-state index in [0.717, 1.165) is 38.4 Å². The van der Waals surface area contributed by atoms with E-state index in [2.05, 4.69) is 49.1 Å². The van der Waals surface area contributed by atoms with Crippen LogP contribution in [0, 0.1) is 25.2 Å². The van der Waals surface area contributed by atoms with Gasteiger partial charge in [-0.2, -0.15) is 5.26 Å². The van der Waals surface area contributed by atoms with E-state index in [0.29, 0.717) is 0 Å². The van der Waals surface area contributed by atoms with Gasteiger partial charge in [-0.1, -0.05) is 17.8 Å². The maximum Gasteiger partial charge on any atom is 0.0991 e. The number of nitrogens with zero attached hydrogens (tertiary/aromatic N) is 2. The lowest BCUT2D eigenvalue weighted by Gasteiger charge is -2.27. The van der Waals surface area contributed by atoms with E-state index in [-0.39, 0.29) is 0 Å². The molecule has 0 unspecified atom stereocenters. The molecule has 1 aliphatic heterocycles. The van der Waals surface area contributed by atoms with Crippen molar-refractivity contribution < 1.29 is 4.74 Å². The van der Waals surface area contributed by atoms with Crippen molar-refractivity contribution in [3.63, 3.8) is 0 Å². The fraction of sp³-hybridized carbons (Fsp3) is 0.350. The Morgan fingerprint density at radius 2 is 1.79 bits per heavy atom. The molecule has 3 rings (SSSR count). The van der Waals surface area contributed by atoms with E-state index >= 15 is 0 Å². The summed E-state index contributed by atoms with van der Waals surface area (Å²) in [6, 6.07) is 14.9. The van der Waals surface area contributed by atoms with Crippen LogP contribution < -0.4 is 0 Å². The SMILES string of the molecule is Cc1cc(C)cc(Sc2ccc(C#N)cc2CN2CCOCC2)c1. The number of aryl methyl sites for hydroxylation is 2. The summed E-state index contributed by atoms with van der Waals surface area (Å²) in [6.45, 7) is 8.60. The van der Waals surface area contributed by atoms with Crippen LogP contribution in [0.3, 0.4) is 0 Å². The number of morpholine rings is 1. The summed E-state index contributed by atoms with van der Waals surface area (Å²) in [5, 5.41) is 9.23. The molecule has 0 saturated carbocycles. The molecular weight excluding hydrogens is 316 g/mol. The van der Waals surface area contributed by atoms with Crippen molar-refractivity contribution in [1.82, 2.24) is 4.90 Å². The Labute approximate surface area is 148 Å². The molecule has 0 bridgehead atoms. The monoisotopic (exact) mass is 338 g/mol. The third-order valence-corrected chi connectivity index (χ3v) is 5.20. The van der Waals surface area contributed by atoms with Crippen LogP contribution in [0.1, 0.15) is 22.3 Å². The summed E-state index contributed by atoms with van der Waals surface area (Å²) in [7, 11) is 0. The second kappa shape index (κ2) is 7.85. The lowest BCUT2D eigenvalue weighted by molar-refractivity contribution is 0.0338. The van der Waals surface area contributed by atoms with Gasteiger partial charge in [0.25, 0.3) is 0 Å². The maximum atomic E-state index is 9.23. The molecule has 2 aromatic carbocycles. The first-order chi connectivity index (χ1) is 11.6. The molecular formula is C20H22N2OS. The van der Waals surface area contributed by atoms with Gasteiger partial charge in [0.2, 0.25) is 0 Å². The maximum absolute atomic E-state index is 9.23. The predicted octanol–water partition coefficient (Wildman–Crippen LogP) is 4.16. The molecule has 124 valence electrons. The first-order valence-corrected chi connectivity index (χ1v) is 9.05. The molecule has 3 nitrogen and oxygen atoms in total. The summed E-state index contributed by atoms with van der Waals surface area (Å²) in [5.74, 6) is 0. The number of hydrogen-bond donors (Lipinski definition) is 0. The molecule has 0 atom stereocenters. The molecule has 1 saturated heterocycles. The van der Waals surface area contributed by atoms with Crippen LogP contribution in [0.2, 0.25) is 0 Å². The molecule has 0 spiro atoms. The molecule has 0 amide bonds. The average molecular weight is 338 g/mol. The van der Waals surface area contributed by atoms with Crippen molar-refractivity contribution in [3.8, 4) is 6.07 Å². The van der Waals surface area contributed by atoms with Crippen LogP contribution in [-0.4, -0.2) is 31.2 Å². The second-order valence-corrected chi connectivity index (χ2v) is 7.36. The standard InChI is InChI=1S/C20H22N2OS/c1-15-9-16(2)11-19(10-15)24-20-4-3-17(13-21)12-18(20)14-22-5-7-23-8-6-22/h3-4,9-12H,5-8,14H2,1-2H3. The van der Waals surface area contributed by atoms with Gasteiger partial charge in [-0.3, -0.25) is 4.90 Å². The fourth-order valence-electron chi connectivity index (χ4n) is 2.99. The highest BCUT2D eigenvalue weighted by Gasteiger charge is 2.14. The molecule has 2 aromatic rings. The van der Waals surface area contributed by atoms with Crippen molar-refractivity contribution in [2.24, 2.45) is 0 Å². The number of rotatable bonds is 4. The van der Waals surface area contributed by atoms with Gasteiger partial charge in [0.1, 0.15) is 0 Å². The smallest absolute Gasteiger partial charge is 0.0991 e. The Bertz CT molecular complexity index is 740. The zero-order chi connectivity index (χ0) is 16.9. The fourth-order valence-corrected chi connectivity index (χ4v) is 4.13. The van der Waals surface area contributed by atoms with E-state index in [9.17, 15) is 5.26 Å². The topological polar surface area (TPSA) is 36.3 Å². The zero-order valence-corrected chi connectivity index (χ0v) is 15.0. The summed E-state index contributed by atoms with van der Waals surface area (Å²) in [5.41, 5.74) is 4.50. The number of nitriles is 1. The lowest BCUT2D eigenvalue weighted by atomic mass is 10.1. The van der Waals surface area contributed by atoms with Crippen LogP contribution in [0.4, 0.5) is 0 Å². The summed E-state index contributed by atoms with van der Waals surface area (Å²) in [4.78, 5) is 4.87. The van der Waals surface area contributed by atoms with Gasteiger partial charge in [0.15, 0.2) is 0 Å². The van der Waals surface area contributed by atoms with Gasteiger partial charge in [-0.15, -0.1) is 0 Å². The first-order valence-electron chi connectivity index (χ1n) is 8.23. The first kappa shape index (κ1) is 17.0. The summed E-state index contributed by atoms with van der Waals surface area (Å²) >= 11 is 1.78. The van der Waals surface area contributed by atoms with Crippen LogP contribution >= 0.6 is 11.8 Å². The Kier molecular flexibility index (Phi) is 5.57. The minimum Gasteiger partial charge on any atom is -0.379 e. The van der Waals surface area contributed by atoms with Gasteiger partial charge in [-0.05, 0) is 60.9 Å². The predicted molar refractivity (Wildman–Crippen MR) is 97.3 cm³/mol. The molecule has 1 aliphatic rings. The Morgan fingerprint density at radius 1 is 1.08 bits per heavy atom. The van der Waals surface area contributed by atoms with E-state index in [1.165, 1.54) is 26.5 Å². The molecule has 0 aromatic heterocycles. The largest absolute Gasteiger partial charge is 0.379 e. The Balaban J connectivity index is 1.86. The average Bonchev–Trinajstić information content (AvgIpc) is 2.56. The highest BCUT2D eigenvalue weighted by molar-refractivity contribution is 7.99. The second-order valence-electron chi connectivity index (χ2n) is 6.25. The molecule has 0 N–H and O–H groups in total. The van der Waals surface area contributed by atoms with E-state index in [4.69, 9.17) is 4.74 Å². The molecule has 0 radical (unpaired) electrons. The van der Waals surface area contributed by atoms with Crippen LogP contribution in [0.5, 0.6) is 0 Å². The number of hydrogen-bond acceptors (Lipinski definition) is 4. The molecule has 1 fully saturated rings. The van der Waals surface area contributed by atoms with Crippen LogP contribution in [0.25, 0.3) is 0 Å². The van der Waals surface area contributed by atoms with Gasteiger partial charge in [-0.25, -0.2) is 0 Å². The highest BCUT2D eigenvalue weighted by atomic mass is 32.2. The summed E-state index contributed by atoms with van der Waals surface area (Å²) in [6.07, 6.45) is 0.